The van der Waals surface area contributed by atoms with Crippen LogP contribution in [0.5, 0.6) is 5.75 Å². The first-order valence-corrected chi connectivity index (χ1v) is 14.1. The van der Waals surface area contributed by atoms with Crippen molar-refractivity contribution in [3.63, 3.8) is 0 Å². The quantitative estimate of drug-likeness (QED) is 0.268. The molecule has 0 amide bonds. The number of carboxylic acid groups (broad SMARTS) is 1. The highest BCUT2D eigenvalue weighted by atomic mass is 32.1. The molecule has 1 saturated heterocycles. The minimum Gasteiger partial charge on any atom is -0.497 e. The number of nitrogens with one attached hydrogen (secondary N) is 1. The molecule has 40 heavy (non-hydrogen) atoms. The summed E-state index contributed by atoms with van der Waals surface area (Å²) in [5.74, 6) is 7.74. The Morgan fingerprint density at radius 1 is 1.20 bits per heavy atom. The van der Waals surface area contributed by atoms with Crippen molar-refractivity contribution in [2.24, 2.45) is 5.92 Å². The van der Waals surface area contributed by atoms with Crippen LogP contribution in [-0.2, 0) is 24.1 Å². The Bertz CT molecular complexity index is 1720. The molecule has 4 heterocycles. The summed E-state index contributed by atoms with van der Waals surface area (Å²) in [5, 5.41) is 25.8. The Morgan fingerprint density at radius 3 is 2.85 bits per heavy atom. The molecule has 0 atom stereocenters. The van der Waals surface area contributed by atoms with Gasteiger partial charge in [0, 0.05) is 37.1 Å². The van der Waals surface area contributed by atoms with Gasteiger partial charge in [-0.25, -0.2) is 9.78 Å². The fraction of sp³-hybridized carbons (Fsp3) is 0.345. The topological polar surface area (TPSA) is 128 Å². The number of nitrogens with zero attached hydrogens (tertiary/aromatic N) is 5. The van der Waals surface area contributed by atoms with Gasteiger partial charge in [0.05, 0.1) is 28.6 Å². The highest BCUT2D eigenvalue weighted by Crippen LogP contribution is 2.32. The van der Waals surface area contributed by atoms with Crippen LogP contribution in [0.3, 0.4) is 0 Å². The van der Waals surface area contributed by atoms with E-state index in [9.17, 15) is 9.90 Å². The number of hydrogen-bond acceptors (Lipinski definition) is 8. The number of H-pyrrole nitrogens is 1. The number of hydrogen-bond donors (Lipinski definition) is 2. The second kappa shape index (κ2) is 11.5. The van der Waals surface area contributed by atoms with Crippen LogP contribution >= 0.6 is 11.3 Å². The van der Waals surface area contributed by atoms with Crippen LogP contribution in [0.25, 0.3) is 21.1 Å². The number of fused-ring (bicyclic) bond motifs is 2. The first kappa shape index (κ1) is 26.0. The molecule has 0 aliphatic carbocycles. The fourth-order valence-electron chi connectivity index (χ4n) is 5.27. The Kier molecular flexibility index (Phi) is 7.44. The van der Waals surface area contributed by atoms with Gasteiger partial charge in [-0.1, -0.05) is 5.21 Å². The van der Waals surface area contributed by atoms with Gasteiger partial charge in [0.25, 0.3) is 0 Å². The SMILES string of the molecule is COc1ccc2nc(C#Cc3c(CCC4CCOCC4)c4cc(C(=O)O)ccc4n3CCc3nn[nH]n3)sc2c1. The number of aromatic nitrogens is 6. The van der Waals surface area contributed by atoms with Gasteiger partial charge < -0.3 is 19.1 Å². The highest BCUT2D eigenvalue weighted by Gasteiger charge is 2.21. The van der Waals surface area contributed by atoms with E-state index in [1.807, 2.05) is 24.3 Å². The molecule has 204 valence electrons. The lowest BCUT2D eigenvalue weighted by atomic mass is 9.92. The number of carbonyl (C=O) groups is 1. The van der Waals surface area contributed by atoms with Gasteiger partial charge in [0.15, 0.2) is 10.8 Å². The smallest absolute Gasteiger partial charge is 0.335 e. The van der Waals surface area contributed by atoms with Crippen molar-refractivity contribution in [2.45, 2.75) is 38.6 Å². The Morgan fingerprint density at radius 2 is 2.08 bits per heavy atom. The van der Waals surface area contributed by atoms with E-state index in [1.54, 1.807) is 19.2 Å². The number of aryl methyl sites for hydroxylation is 3. The van der Waals surface area contributed by atoms with E-state index < -0.39 is 5.97 Å². The molecule has 1 aliphatic rings. The van der Waals surface area contributed by atoms with E-state index in [1.165, 1.54) is 11.3 Å². The number of methoxy groups -OCH3 is 1. The van der Waals surface area contributed by atoms with Gasteiger partial charge in [-0.15, -0.1) is 21.5 Å². The molecule has 1 aliphatic heterocycles. The molecule has 3 aromatic heterocycles. The van der Waals surface area contributed by atoms with Crippen molar-refractivity contribution >= 4 is 38.4 Å². The summed E-state index contributed by atoms with van der Waals surface area (Å²) >= 11 is 1.52. The Labute approximate surface area is 234 Å². The van der Waals surface area contributed by atoms with Crippen LogP contribution < -0.4 is 4.74 Å². The summed E-state index contributed by atoms with van der Waals surface area (Å²) in [7, 11) is 1.65. The van der Waals surface area contributed by atoms with Crippen LogP contribution in [0.15, 0.2) is 36.4 Å². The van der Waals surface area contributed by atoms with E-state index in [4.69, 9.17) is 14.5 Å². The Balaban J connectivity index is 1.45. The normalized spacial score (nSPS) is 13.9. The maximum absolute atomic E-state index is 11.9. The monoisotopic (exact) mass is 556 g/mol. The van der Waals surface area contributed by atoms with E-state index in [-0.39, 0.29) is 5.56 Å². The number of aromatic carboxylic acids is 1. The van der Waals surface area contributed by atoms with Crippen molar-refractivity contribution in [1.29, 1.82) is 0 Å². The minimum absolute atomic E-state index is 0.259. The van der Waals surface area contributed by atoms with Crippen molar-refractivity contribution < 1.29 is 19.4 Å². The molecule has 0 radical (unpaired) electrons. The number of carboxylic acids is 1. The average molecular weight is 557 g/mol. The van der Waals surface area contributed by atoms with Crippen LogP contribution in [0, 0.1) is 17.8 Å². The second-order valence-corrected chi connectivity index (χ2v) is 10.8. The lowest BCUT2D eigenvalue weighted by Gasteiger charge is -2.21. The van der Waals surface area contributed by atoms with Crippen molar-refractivity contribution in [3.8, 4) is 17.6 Å². The molecule has 0 saturated carbocycles. The van der Waals surface area contributed by atoms with Crippen molar-refractivity contribution in [1.82, 2.24) is 30.2 Å². The van der Waals surface area contributed by atoms with Gasteiger partial charge in [-0.2, -0.15) is 5.21 Å². The first-order chi connectivity index (χ1) is 19.6. The first-order valence-electron chi connectivity index (χ1n) is 13.2. The standard InChI is InChI=1S/C29H28N6O4S/c1-38-20-4-6-23-26(17-20)40-28(30-23)9-8-24-21(5-2-18-11-14-39-15-12-18)22-16-19(29(36)37)3-7-25(22)35(24)13-10-27-31-33-34-32-27/h3-4,6-7,16-18H,2,5,10-15H2,1H3,(H,36,37)(H,31,32,33,34). The third kappa shape index (κ3) is 5.41. The zero-order valence-electron chi connectivity index (χ0n) is 22.0. The number of thiazole rings is 1. The predicted octanol–water partition coefficient (Wildman–Crippen LogP) is 4.47. The van der Waals surface area contributed by atoms with E-state index in [0.717, 1.165) is 77.0 Å². The number of benzene rings is 2. The summed E-state index contributed by atoms with van der Waals surface area (Å²) in [6.45, 7) is 2.14. The second-order valence-electron chi connectivity index (χ2n) is 9.79. The van der Waals surface area contributed by atoms with E-state index in [2.05, 4.69) is 37.0 Å². The molecule has 0 spiro atoms. The van der Waals surface area contributed by atoms with Gasteiger partial charge in [0.1, 0.15) is 5.75 Å². The molecule has 11 heteroatoms. The summed E-state index contributed by atoms with van der Waals surface area (Å²) in [5.41, 5.74) is 4.00. The molecule has 2 aromatic carbocycles. The molecule has 0 bridgehead atoms. The third-order valence-electron chi connectivity index (χ3n) is 7.39. The van der Waals surface area contributed by atoms with Gasteiger partial charge >= 0.3 is 5.97 Å². The van der Waals surface area contributed by atoms with E-state index in [0.29, 0.717) is 29.7 Å². The van der Waals surface area contributed by atoms with Crippen molar-refractivity contribution in [3.05, 3.63) is 64.1 Å². The van der Waals surface area contributed by atoms with Gasteiger partial charge in [-0.3, -0.25) is 0 Å². The minimum atomic E-state index is -0.950. The third-order valence-corrected chi connectivity index (χ3v) is 8.32. The summed E-state index contributed by atoms with van der Waals surface area (Å²) in [6.07, 6.45) is 4.40. The maximum atomic E-state index is 11.9. The van der Waals surface area contributed by atoms with Gasteiger partial charge in [0.2, 0.25) is 0 Å². The number of rotatable bonds is 8. The zero-order chi connectivity index (χ0) is 27.5. The average Bonchev–Trinajstić information content (AvgIpc) is 3.71. The number of ether oxygens (including phenoxy) is 2. The number of tetrazole rings is 1. The molecule has 6 rings (SSSR count). The lowest BCUT2D eigenvalue weighted by molar-refractivity contribution is 0.0640. The predicted molar refractivity (Wildman–Crippen MR) is 151 cm³/mol. The zero-order valence-corrected chi connectivity index (χ0v) is 22.8. The maximum Gasteiger partial charge on any atom is 0.335 e. The summed E-state index contributed by atoms with van der Waals surface area (Å²) in [4.78, 5) is 16.6. The van der Waals surface area contributed by atoms with Crippen LogP contribution in [0.1, 0.15) is 51.7 Å². The van der Waals surface area contributed by atoms with Crippen LogP contribution in [0.4, 0.5) is 0 Å². The number of aromatic amines is 1. The molecule has 5 aromatic rings. The van der Waals surface area contributed by atoms with Crippen molar-refractivity contribution in [2.75, 3.05) is 20.3 Å². The molecule has 2 N–H and O–H groups in total. The fourth-order valence-corrected chi connectivity index (χ4v) is 6.11. The van der Waals surface area contributed by atoms with E-state index >= 15 is 0 Å². The lowest BCUT2D eigenvalue weighted by Crippen LogP contribution is -2.16. The van der Waals surface area contributed by atoms with Crippen LogP contribution in [-0.4, -0.2) is 61.6 Å². The summed E-state index contributed by atoms with van der Waals surface area (Å²) in [6, 6.07) is 11.1. The van der Waals surface area contributed by atoms with Crippen LogP contribution in [0.2, 0.25) is 0 Å². The molecule has 1 fully saturated rings. The molecular formula is C29H28N6O4S. The largest absolute Gasteiger partial charge is 0.497 e. The highest BCUT2D eigenvalue weighted by molar-refractivity contribution is 7.19. The molecular weight excluding hydrogens is 528 g/mol. The molecule has 10 nitrogen and oxygen atoms in total. The Hall–Kier alpha value is -4.27. The summed E-state index contributed by atoms with van der Waals surface area (Å²) < 4.78 is 14.1. The molecule has 0 unspecified atom stereocenters. The van der Waals surface area contributed by atoms with Gasteiger partial charge in [-0.05, 0) is 85.4 Å².